The molecule has 1 aromatic carbocycles. The smallest absolute Gasteiger partial charge is 0.143 e. The lowest BCUT2D eigenvalue weighted by atomic mass is 10.2. The lowest BCUT2D eigenvalue weighted by molar-refractivity contribution is 0.628. The van der Waals surface area contributed by atoms with Crippen molar-refractivity contribution in [1.82, 2.24) is 0 Å². The average Bonchev–Trinajstić information content (AvgIpc) is 3.04. The number of halogens is 2. The molecule has 1 aliphatic rings. The Morgan fingerprint density at radius 3 is 2.88 bits per heavy atom. The first-order valence-corrected chi connectivity index (χ1v) is 6.03. The molecule has 88 valence electrons. The highest BCUT2D eigenvalue weighted by atomic mass is 35.5. The molecule has 0 heterocycles. The van der Waals surface area contributed by atoms with Gasteiger partial charge in [-0.2, -0.15) is 0 Å². The molecule has 2 rings (SSSR count). The Hall–Kier alpha value is -0.960. The van der Waals surface area contributed by atoms with Crippen molar-refractivity contribution in [2.45, 2.75) is 25.7 Å². The van der Waals surface area contributed by atoms with Crippen molar-refractivity contribution in [3.63, 3.8) is 0 Å². The van der Waals surface area contributed by atoms with Crippen LogP contribution < -0.4 is 11.1 Å². The molecule has 0 bridgehead atoms. The zero-order chi connectivity index (χ0) is 11.5. The quantitative estimate of drug-likeness (QED) is 0.611. The predicted molar refractivity (Wildman–Crippen MR) is 66.3 cm³/mol. The lowest BCUT2D eigenvalue weighted by Gasteiger charge is -2.09. The van der Waals surface area contributed by atoms with Crippen molar-refractivity contribution in [2.75, 3.05) is 17.6 Å². The van der Waals surface area contributed by atoms with Crippen molar-refractivity contribution in [3.8, 4) is 0 Å². The fourth-order valence-corrected chi connectivity index (χ4v) is 1.91. The van der Waals surface area contributed by atoms with Crippen LogP contribution in [0.3, 0.4) is 0 Å². The van der Waals surface area contributed by atoms with Crippen LogP contribution >= 0.6 is 11.6 Å². The predicted octanol–water partition coefficient (Wildman–Crippen LogP) is 3.66. The zero-order valence-corrected chi connectivity index (χ0v) is 9.86. The molecule has 0 unspecified atom stereocenters. The number of benzene rings is 1. The van der Waals surface area contributed by atoms with Crippen LogP contribution in [-0.4, -0.2) is 6.54 Å². The fourth-order valence-electron chi connectivity index (χ4n) is 1.74. The maximum Gasteiger partial charge on any atom is 0.143 e. The van der Waals surface area contributed by atoms with Crippen molar-refractivity contribution in [1.29, 1.82) is 0 Å². The Bertz CT molecular complexity index is 378. The van der Waals surface area contributed by atoms with E-state index in [9.17, 15) is 4.39 Å². The largest absolute Gasteiger partial charge is 0.397 e. The fraction of sp³-hybridized carbons (Fsp3) is 0.500. The normalized spacial score (nSPS) is 15.1. The Balaban J connectivity index is 1.85. The number of nitrogens with two attached hydrogens (primary N) is 1. The second-order valence-electron chi connectivity index (χ2n) is 4.37. The van der Waals surface area contributed by atoms with Gasteiger partial charge >= 0.3 is 0 Å². The van der Waals surface area contributed by atoms with Gasteiger partial charge in [0.15, 0.2) is 0 Å². The van der Waals surface area contributed by atoms with Crippen LogP contribution in [0.25, 0.3) is 0 Å². The molecule has 0 saturated heterocycles. The molecule has 16 heavy (non-hydrogen) atoms. The number of nitrogen functional groups attached to an aromatic ring is 1. The molecule has 1 saturated carbocycles. The molecule has 4 heteroatoms. The van der Waals surface area contributed by atoms with E-state index in [4.69, 9.17) is 17.3 Å². The van der Waals surface area contributed by atoms with Gasteiger partial charge in [0, 0.05) is 12.6 Å². The molecule has 0 spiro atoms. The third-order valence-corrected chi connectivity index (χ3v) is 3.18. The van der Waals surface area contributed by atoms with Gasteiger partial charge in [-0.1, -0.05) is 24.4 Å². The van der Waals surface area contributed by atoms with Gasteiger partial charge in [0.1, 0.15) is 5.82 Å². The number of nitrogens with one attached hydrogen (secondary N) is 1. The topological polar surface area (TPSA) is 38.0 Å². The highest BCUT2D eigenvalue weighted by molar-refractivity contribution is 6.31. The van der Waals surface area contributed by atoms with Gasteiger partial charge in [-0.05, 0) is 24.8 Å². The minimum Gasteiger partial charge on any atom is -0.397 e. The first-order chi connectivity index (χ1) is 7.66. The Morgan fingerprint density at radius 2 is 2.19 bits per heavy atom. The number of anilines is 2. The van der Waals surface area contributed by atoms with E-state index in [1.54, 1.807) is 0 Å². The molecule has 0 atom stereocenters. The highest BCUT2D eigenvalue weighted by Crippen LogP contribution is 2.33. The number of hydrogen-bond donors (Lipinski definition) is 2. The highest BCUT2D eigenvalue weighted by Gasteiger charge is 2.19. The number of rotatable bonds is 5. The summed E-state index contributed by atoms with van der Waals surface area (Å²) in [6.07, 6.45) is 5.10. The van der Waals surface area contributed by atoms with E-state index >= 15 is 0 Å². The van der Waals surface area contributed by atoms with Gasteiger partial charge in [0.05, 0.1) is 16.4 Å². The molecule has 0 amide bonds. The van der Waals surface area contributed by atoms with Crippen LogP contribution in [-0.2, 0) is 0 Å². The van der Waals surface area contributed by atoms with E-state index in [1.165, 1.54) is 31.4 Å². The second-order valence-corrected chi connectivity index (χ2v) is 4.77. The van der Waals surface area contributed by atoms with Crippen LogP contribution in [0.4, 0.5) is 15.8 Å². The van der Waals surface area contributed by atoms with Crippen molar-refractivity contribution in [2.24, 2.45) is 5.92 Å². The molecular formula is C12H16ClFN2. The summed E-state index contributed by atoms with van der Waals surface area (Å²) in [5.74, 6) is 0.502. The van der Waals surface area contributed by atoms with Gasteiger partial charge in [-0.15, -0.1) is 0 Å². The SMILES string of the molecule is Nc1cc(Cl)c(F)cc1NCCCC1CC1. The van der Waals surface area contributed by atoms with Crippen LogP contribution in [0.2, 0.25) is 5.02 Å². The Morgan fingerprint density at radius 1 is 1.44 bits per heavy atom. The van der Waals surface area contributed by atoms with Crippen LogP contribution in [0.1, 0.15) is 25.7 Å². The summed E-state index contributed by atoms with van der Waals surface area (Å²) >= 11 is 5.61. The maximum atomic E-state index is 13.2. The molecular weight excluding hydrogens is 227 g/mol. The van der Waals surface area contributed by atoms with E-state index in [-0.39, 0.29) is 5.02 Å². The van der Waals surface area contributed by atoms with Crippen LogP contribution in [0, 0.1) is 11.7 Å². The molecule has 1 fully saturated rings. The summed E-state index contributed by atoms with van der Waals surface area (Å²) in [6, 6.07) is 2.80. The van der Waals surface area contributed by atoms with Gasteiger partial charge in [-0.3, -0.25) is 0 Å². The number of hydrogen-bond acceptors (Lipinski definition) is 2. The van der Waals surface area contributed by atoms with E-state index in [2.05, 4.69) is 5.32 Å². The van der Waals surface area contributed by atoms with E-state index < -0.39 is 5.82 Å². The van der Waals surface area contributed by atoms with Crippen LogP contribution in [0.15, 0.2) is 12.1 Å². The first kappa shape index (κ1) is 11.5. The monoisotopic (exact) mass is 242 g/mol. The van der Waals surface area contributed by atoms with Crippen molar-refractivity contribution >= 4 is 23.0 Å². The summed E-state index contributed by atoms with van der Waals surface area (Å²) < 4.78 is 13.2. The molecule has 0 aromatic heterocycles. The standard InChI is InChI=1S/C12H16ClFN2/c13-9-6-11(15)12(7-10(9)14)16-5-1-2-8-3-4-8/h6-8,16H,1-5,15H2. The summed E-state index contributed by atoms with van der Waals surface area (Å²) in [4.78, 5) is 0. The van der Waals surface area contributed by atoms with Crippen LogP contribution in [0.5, 0.6) is 0 Å². The van der Waals surface area contributed by atoms with E-state index in [1.807, 2.05) is 0 Å². The molecule has 3 N–H and O–H groups in total. The first-order valence-electron chi connectivity index (χ1n) is 5.65. The minimum atomic E-state index is -0.430. The molecule has 2 nitrogen and oxygen atoms in total. The van der Waals surface area contributed by atoms with Crippen molar-refractivity contribution < 1.29 is 4.39 Å². The Kier molecular flexibility index (Phi) is 3.54. The summed E-state index contributed by atoms with van der Waals surface area (Å²) in [5.41, 5.74) is 6.87. The van der Waals surface area contributed by atoms with Gasteiger partial charge in [0.25, 0.3) is 0 Å². The molecule has 0 radical (unpaired) electrons. The van der Waals surface area contributed by atoms with Gasteiger partial charge < -0.3 is 11.1 Å². The van der Waals surface area contributed by atoms with Gasteiger partial charge in [-0.25, -0.2) is 4.39 Å². The molecule has 1 aromatic rings. The molecule has 0 aliphatic heterocycles. The summed E-state index contributed by atoms with van der Waals surface area (Å²) in [5, 5.41) is 3.21. The van der Waals surface area contributed by atoms with Crippen molar-refractivity contribution in [3.05, 3.63) is 23.0 Å². The summed E-state index contributed by atoms with van der Waals surface area (Å²) in [7, 11) is 0. The second kappa shape index (κ2) is 4.91. The van der Waals surface area contributed by atoms with E-state index in [0.717, 1.165) is 18.9 Å². The average molecular weight is 243 g/mol. The third kappa shape index (κ3) is 3.01. The van der Waals surface area contributed by atoms with Gasteiger partial charge in [0.2, 0.25) is 0 Å². The Labute approximate surface area is 100.0 Å². The third-order valence-electron chi connectivity index (χ3n) is 2.89. The molecule has 1 aliphatic carbocycles. The minimum absolute atomic E-state index is 0.0704. The lowest BCUT2D eigenvalue weighted by Crippen LogP contribution is -2.05. The van der Waals surface area contributed by atoms with E-state index in [0.29, 0.717) is 11.4 Å². The maximum absolute atomic E-state index is 13.2. The summed E-state index contributed by atoms with van der Waals surface area (Å²) in [6.45, 7) is 0.835. The zero-order valence-electron chi connectivity index (χ0n) is 9.10.